The van der Waals surface area contributed by atoms with Crippen LogP contribution in [0.2, 0.25) is 0 Å². The molecule has 0 aliphatic heterocycles. The van der Waals surface area contributed by atoms with Crippen LogP contribution >= 0.6 is 15.9 Å². The summed E-state index contributed by atoms with van der Waals surface area (Å²) in [6.45, 7) is 0.916. The van der Waals surface area contributed by atoms with E-state index in [0.29, 0.717) is 18.8 Å². The van der Waals surface area contributed by atoms with Gasteiger partial charge in [-0.15, -0.1) is 0 Å². The fourth-order valence-corrected chi connectivity index (χ4v) is 1.35. The minimum Gasteiger partial charge on any atom is -0.484 e. The van der Waals surface area contributed by atoms with Crippen LogP contribution in [-0.4, -0.2) is 25.6 Å². The smallest absolute Gasteiger partial charge is 0.257 e. The number of nitrogens with two attached hydrogens (primary N) is 1. The van der Waals surface area contributed by atoms with E-state index >= 15 is 0 Å². The third-order valence-electron chi connectivity index (χ3n) is 1.63. The minimum absolute atomic E-state index is 0.0104. The number of rotatable bonds is 5. The van der Waals surface area contributed by atoms with E-state index in [1.165, 1.54) is 0 Å². The molecule has 1 aromatic carbocycles. The molecule has 1 rings (SSSR count). The number of carbonyl (C=O) groups excluding carboxylic acids is 1. The summed E-state index contributed by atoms with van der Waals surface area (Å²) in [5, 5.41) is 2.62. The molecule has 0 saturated carbocycles. The van der Waals surface area contributed by atoms with Gasteiger partial charge in [-0.1, -0.05) is 22.0 Å². The van der Waals surface area contributed by atoms with Crippen LogP contribution in [0.5, 0.6) is 5.75 Å². The van der Waals surface area contributed by atoms with Crippen LogP contribution in [0.15, 0.2) is 28.7 Å². The maximum Gasteiger partial charge on any atom is 0.257 e. The summed E-state index contributed by atoms with van der Waals surface area (Å²) >= 11 is 3.31. The first-order valence-electron chi connectivity index (χ1n) is 4.57. The highest BCUT2D eigenvalue weighted by Crippen LogP contribution is 2.17. The zero-order valence-electron chi connectivity index (χ0n) is 8.20. The Morgan fingerprint density at radius 2 is 2.33 bits per heavy atom. The van der Waals surface area contributed by atoms with Crippen LogP contribution in [0.3, 0.4) is 0 Å². The second-order valence-electron chi connectivity index (χ2n) is 2.88. The van der Waals surface area contributed by atoms with Crippen molar-refractivity contribution in [1.82, 2.24) is 5.32 Å². The Balaban J connectivity index is 2.33. The number of hydrogen-bond donors (Lipinski definition) is 2. The normalized spacial score (nSPS) is 9.73. The van der Waals surface area contributed by atoms with Gasteiger partial charge in [-0.05, 0) is 18.2 Å². The molecule has 0 fully saturated rings. The summed E-state index contributed by atoms with van der Waals surface area (Å²) in [5.41, 5.74) is 5.24. The van der Waals surface area contributed by atoms with Gasteiger partial charge in [-0.2, -0.15) is 0 Å². The maximum atomic E-state index is 11.2. The van der Waals surface area contributed by atoms with Gasteiger partial charge >= 0.3 is 0 Å². The largest absolute Gasteiger partial charge is 0.484 e. The molecule has 0 bridgehead atoms. The fourth-order valence-electron chi connectivity index (χ4n) is 0.968. The highest BCUT2D eigenvalue weighted by Gasteiger charge is 2.01. The van der Waals surface area contributed by atoms with Crippen LogP contribution in [0.4, 0.5) is 0 Å². The van der Waals surface area contributed by atoms with Crippen molar-refractivity contribution in [2.45, 2.75) is 0 Å². The molecule has 5 heteroatoms. The molecular weight excluding hydrogens is 260 g/mol. The van der Waals surface area contributed by atoms with Gasteiger partial charge in [0.15, 0.2) is 6.61 Å². The lowest BCUT2D eigenvalue weighted by molar-refractivity contribution is -0.123. The lowest BCUT2D eigenvalue weighted by atomic mass is 10.3. The van der Waals surface area contributed by atoms with Crippen molar-refractivity contribution in [3.8, 4) is 5.75 Å². The van der Waals surface area contributed by atoms with E-state index in [0.717, 1.165) is 4.47 Å². The van der Waals surface area contributed by atoms with Crippen molar-refractivity contribution < 1.29 is 9.53 Å². The highest BCUT2D eigenvalue weighted by atomic mass is 79.9. The van der Waals surface area contributed by atoms with Crippen molar-refractivity contribution >= 4 is 21.8 Å². The topological polar surface area (TPSA) is 64.3 Å². The summed E-state index contributed by atoms with van der Waals surface area (Å²) in [6.07, 6.45) is 0. The predicted octanol–water partition coefficient (Wildman–Crippen LogP) is 0.903. The Hall–Kier alpha value is -1.07. The highest BCUT2D eigenvalue weighted by molar-refractivity contribution is 9.10. The molecule has 1 amide bonds. The van der Waals surface area contributed by atoms with Gasteiger partial charge in [-0.3, -0.25) is 4.79 Å². The van der Waals surface area contributed by atoms with Crippen LogP contribution < -0.4 is 15.8 Å². The molecule has 0 saturated heterocycles. The van der Waals surface area contributed by atoms with Crippen LogP contribution in [0.1, 0.15) is 0 Å². The fraction of sp³-hybridized carbons (Fsp3) is 0.300. The van der Waals surface area contributed by atoms with Gasteiger partial charge in [-0.25, -0.2) is 0 Å². The van der Waals surface area contributed by atoms with Crippen LogP contribution in [-0.2, 0) is 4.79 Å². The average molecular weight is 273 g/mol. The molecule has 0 unspecified atom stereocenters. The Kier molecular flexibility index (Phi) is 5.14. The summed E-state index contributed by atoms with van der Waals surface area (Å²) in [7, 11) is 0. The van der Waals surface area contributed by atoms with Gasteiger partial charge in [0.05, 0.1) is 0 Å². The Bertz CT molecular complexity index is 331. The third kappa shape index (κ3) is 4.80. The molecule has 82 valence electrons. The van der Waals surface area contributed by atoms with E-state index in [-0.39, 0.29) is 12.5 Å². The van der Waals surface area contributed by atoms with Gasteiger partial charge in [0.25, 0.3) is 5.91 Å². The van der Waals surface area contributed by atoms with Crippen molar-refractivity contribution in [3.63, 3.8) is 0 Å². The maximum absolute atomic E-state index is 11.2. The summed E-state index contributed by atoms with van der Waals surface area (Å²) in [5.74, 6) is 0.493. The molecule has 0 atom stereocenters. The van der Waals surface area contributed by atoms with E-state index in [1.54, 1.807) is 12.1 Å². The Morgan fingerprint density at radius 1 is 1.53 bits per heavy atom. The SMILES string of the molecule is NCCNC(=O)COc1cccc(Br)c1. The number of benzene rings is 1. The molecule has 15 heavy (non-hydrogen) atoms. The van der Waals surface area contributed by atoms with E-state index in [9.17, 15) is 4.79 Å². The summed E-state index contributed by atoms with van der Waals surface area (Å²) in [6, 6.07) is 7.33. The molecule has 0 aliphatic carbocycles. The lowest BCUT2D eigenvalue weighted by Gasteiger charge is -2.06. The van der Waals surface area contributed by atoms with E-state index in [4.69, 9.17) is 10.5 Å². The van der Waals surface area contributed by atoms with Crippen molar-refractivity contribution in [2.75, 3.05) is 19.7 Å². The van der Waals surface area contributed by atoms with E-state index < -0.39 is 0 Å². The third-order valence-corrected chi connectivity index (χ3v) is 2.13. The monoisotopic (exact) mass is 272 g/mol. The molecule has 1 aromatic rings. The number of ether oxygens (including phenoxy) is 1. The molecule has 0 spiro atoms. The number of carbonyl (C=O) groups is 1. The molecule has 4 nitrogen and oxygen atoms in total. The first kappa shape index (κ1) is 12.0. The van der Waals surface area contributed by atoms with Gasteiger partial charge < -0.3 is 15.8 Å². The van der Waals surface area contributed by atoms with Crippen molar-refractivity contribution in [2.24, 2.45) is 5.73 Å². The molecule has 0 heterocycles. The van der Waals surface area contributed by atoms with Crippen molar-refractivity contribution in [1.29, 1.82) is 0 Å². The second kappa shape index (κ2) is 6.42. The zero-order valence-corrected chi connectivity index (χ0v) is 9.79. The molecule has 0 radical (unpaired) electrons. The second-order valence-corrected chi connectivity index (χ2v) is 3.80. The Morgan fingerprint density at radius 3 is 3.00 bits per heavy atom. The number of nitrogens with one attached hydrogen (secondary N) is 1. The Labute approximate surface area is 96.9 Å². The van der Waals surface area contributed by atoms with E-state index in [2.05, 4.69) is 21.2 Å². The van der Waals surface area contributed by atoms with Gasteiger partial charge in [0.1, 0.15) is 5.75 Å². The predicted molar refractivity (Wildman–Crippen MR) is 61.7 cm³/mol. The summed E-state index contributed by atoms with van der Waals surface area (Å²) in [4.78, 5) is 11.2. The number of halogens is 1. The van der Waals surface area contributed by atoms with Gasteiger partial charge in [0.2, 0.25) is 0 Å². The lowest BCUT2D eigenvalue weighted by Crippen LogP contribution is -2.32. The van der Waals surface area contributed by atoms with Crippen LogP contribution in [0.25, 0.3) is 0 Å². The quantitative estimate of drug-likeness (QED) is 0.837. The minimum atomic E-state index is -0.166. The summed E-state index contributed by atoms with van der Waals surface area (Å²) < 4.78 is 6.18. The number of hydrogen-bond acceptors (Lipinski definition) is 3. The molecule has 3 N–H and O–H groups in total. The van der Waals surface area contributed by atoms with Gasteiger partial charge in [0, 0.05) is 17.6 Å². The molecule has 0 aromatic heterocycles. The first-order valence-corrected chi connectivity index (χ1v) is 5.37. The molecule has 0 aliphatic rings. The van der Waals surface area contributed by atoms with Crippen molar-refractivity contribution in [3.05, 3.63) is 28.7 Å². The number of amides is 1. The first-order chi connectivity index (χ1) is 7.22. The van der Waals surface area contributed by atoms with E-state index in [1.807, 2.05) is 12.1 Å². The van der Waals surface area contributed by atoms with Crippen LogP contribution in [0, 0.1) is 0 Å². The molecular formula is C10H13BrN2O2. The average Bonchev–Trinajstić information content (AvgIpc) is 2.23. The zero-order chi connectivity index (χ0) is 11.1. The standard InChI is InChI=1S/C10H13BrN2O2/c11-8-2-1-3-9(6-8)15-7-10(14)13-5-4-12/h1-3,6H,4-5,7,12H2,(H,13,14).